The van der Waals surface area contributed by atoms with Crippen LogP contribution in [0.5, 0.6) is 0 Å². The summed E-state index contributed by atoms with van der Waals surface area (Å²) < 4.78 is 3.25. The summed E-state index contributed by atoms with van der Waals surface area (Å²) in [4.78, 5) is 14.2. The van der Waals surface area contributed by atoms with Crippen molar-refractivity contribution in [3.8, 4) is 0 Å². The number of anilines is 1. The van der Waals surface area contributed by atoms with Gasteiger partial charge in [0.2, 0.25) is 0 Å². The van der Waals surface area contributed by atoms with Crippen molar-refractivity contribution in [2.45, 2.75) is 44.8 Å². The summed E-state index contributed by atoms with van der Waals surface area (Å²) in [6.07, 6.45) is 9.60. The molecule has 0 atom stereocenters. The topological polar surface area (TPSA) is 81.7 Å². The first-order chi connectivity index (χ1) is 13.5. The number of halogens is 1. The van der Waals surface area contributed by atoms with E-state index in [1.54, 1.807) is 11.8 Å². The second-order valence-corrected chi connectivity index (χ2v) is 9.49. The molecule has 150 valence electrons. The number of rotatable bonds is 9. The maximum absolute atomic E-state index is 6.04. The van der Waals surface area contributed by atoms with Crippen LogP contribution < -0.4 is 11.1 Å². The van der Waals surface area contributed by atoms with Crippen LogP contribution in [-0.4, -0.2) is 32.6 Å². The van der Waals surface area contributed by atoms with Gasteiger partial charge in [-0.05, 0) is 60.4 Å². The summed E-state index contributed by atoms with van der Waals surface area (Å²) in [6.45, 7) is 11.3. The van der Waals surface area contributed by atoms with Crippen molar-refractivity contribution in [3.05, 3.63) is 39.1 Å². The van der Waals surface area contributed by atoms with Crippen molar-refractivity contribution in [1.82, 2.24) is 24.8 Å². The molecule has 2 aromatic heterocycles. The average Bonchev–Trinajstić information content (AvgIpc) is 3.27. The van der Waals surface area contributed by atoms with Crippen LogP contribution in [0.25, 0.3) is 11.2 Å². The monoisotopic (exact) mass is 510 g/mol. The number of fused-ring (bicyclic) bond motifs is 1. The number of hydrogen-bond donors (Lipinski definition) is 2. The standard InChI is InChI=1S/C20H27IN6S/c1-13(2)11-23-8-9-27-19-17(18(22)24-12-25-19)26-20(27)28-14(3)16(21)10-15-6-4-5-7-15/h6,10,12-13,23H,3-5,7-9,11H2,1-2H3,(H2,22,24,25)/b16-10+. The molecule has 2 heterocycles. The van der Waals surface area contributed by atoms with Crippen LogP contribution in [0, 0.1) is 5.92 Å². The molecule has 0 spiro atoms. The van der Waals surface area contributed by atoms with Gasteiger partial charge in [0.25, 0.3) is 0 Å². The third-order valence-electron chi connectivity index (χ3n) is 4.46. The van der Waals surface area contributed by atoms with Gasteiger partial charge in [-0.3, -0.25) is 0 Å². The highest BCUT2D eigenvalue weighted by Gasteiger charge is 2.17. The third-order valence-corrected chi connectivity index (χ3v) is 6.75. The van der Waals surface area contributed by atoms with E-state index in [1.807, 2.05) is 0 Å². The zero-order valence-electron chi connectivity index (χ0n) is 16.4. The van der Waals surface area contributed by atoms with E-state index in [-0.39, 0.29) is 0 Å². The predicted octanol–water partition coefficient (Wildman–Crippen LogP) is 4.69. The van der Waals surface area contributed by atoms with Gasteiger partial charge in [-0.2, -0.15) is 0 Å². The van der Waals surface area contributed by atoms with Crippen LogP contribution in [0.1, 0.15) is 33.1 Å². The predicted molar refractivity (Wildman–Crippen MR) is 126 cm³/mol. The molecule has 0 aliphatic heterocycles. The van der Waals surface area contributed by atoms with Crippen molar-refractivity contribution >= 4 is 51.3 Å². The minimum atomic E-state index is 0.410. The molecule has 0 saturated heterocycles. The molecule has 0 radical (unpaired) electrons. The highest BCUT2D eigenvalue weighted by molar-refractivity contribution is 14.1. The third kappa shape index (κ3) is 5.36. The second kappa shape index (κ2) is 9.89. The fourth-order valence-electron chi connectivity index (χ4n) is 3.02. The molecular weight excluding hydrogens is 483 g/mol. The van der Waals surface area contributed by atoms with Gasteiger partial charge < -0.3 is 15.6 Å². The summed E-state index contributed by atoms with van der Waals surface area (Å²) in [5, 5.41) is 4.33. The molecule has 0 saturated carbocycles. The SMILES string of the molecule is C=C(Sc1nc2c(N)ncnc2n1CCNCC(C)C)/C(I)=C\C1=CCCC1. The molecule has 0 aromatic carbocycles. The van der Waals surface area contributed by atoms with Gasteiger partial charge in [0, 0.05) is 21.6 Å². The Hall–Kier alpha value is -1.39. The van der Waals surface area contributed by atoms with Gasteiger partial charge in [-0.25, -0.2) is 15.0 Å². The first kappa shape index (κ1) is 21.3. The van der Waals surface area contributed by atoms with Crippen LogP contribution in [0.2, 0.25) is 0 Å². The summed E-state index contributed by atoms with van der Waals surface area (Å²) in [5.41, 5.74) is 8.86. The maximum atomic E-state index is 6.04. The second-order valence-electron chi connectivity index (χ2n) is 7.26. The van der Waals surface area contributed by atoms with Crippen molar-refractivity contribution < 1.29 is 0 Å². The van der Waals surface area contributed by atoms with Gasteiger partial charge in [0.15, 0.2) is 22.1 Å². The quantitative estimate of drug-likeness (QED) is 0.221. The Kier molecular flexibility index (Phi) is 7.53. The highest BCUT2D eigenvalue weighted by atomic mass is 127. The summed E-state index contributed by atoms with van der Waals surface area (Å²) in [6, 6.07) is 0. The van der Waals surface area contributed by atoms with Crippen LogP contribution in [0.4, 0.5) is 5.82 Å². The Bertz CT molecular complexity index is 915. The fraction of sp³-hybridized carbons (Fsp3) is 0.450. The largest absolute Gasteiger partial charge is 0.382 e. The molecule has 3 rings (SSSR count). The lowest BCUT2D eigenvalue weighted by Gasteiger charge is -2.11. The molecule has 2 aromatic rings. The van der Waals surface area contributed by atoms with Gasteiger partial charge >= 0.3 is 0 Å². The van der Waals surface area contributed by atoms with Gasteiger partial charge in [-0.1, -0.05) is 43.8 Å². The number of nitrogens with zero attached hydrogens (tertiary/aromatic N) is 4. The van der Waals surface area contributed by atoms with E-state index in [9.17, 15) is 0 Å². The first-order valence-corrected chi connectivity index (χ1v) is 11.5. The zero-order chi connectivity index (χ0) is 20.1. The molecule has 1 aliphatic carbocycles. The maximum Gasteiger partial charge on any atom is 0.175 e. The molecule has 6 nitrogen and oxygen atoms in total. The number of allylic oxidation sites excluding steroid dienone is 4. The smallest absolute Gasteiger partial charge is 0.175 e. The number of thioether (sulfide) groups is 1. The molecular formula is C20H27IN6S. The van der Waals surface area contributed by atoms with Gasteiger partial charge in [0.05, 0.1) is 0 Å². The lowest BCUT2D eigenvalue weighted by molar-refractivity contribution is 0.516. The number of nitrogen functional groups attached to an aromatic ring is 1. The Morgan fingerprint density at radius 3 is 3.00 bits per heavy atom. The van der Waals surface area contributed by atoms with E-state index in [1.165, 1.54) is 24.7 Å². The number of aromatic nitrogens is 4. The Morgan fingerprint density at radius 2 is 2.29 bits per heavy atom. The number of hydrogen-bond acceptors (Lipinski definition) is 6. The van der Waals surface area contributed by atoms with Crippen LogP contribution in [0.3, 0.4) is 0 Å². The summed E-state index contributed by atoms with van der Waals surface area (Å²) >= 11 is 3.92. The molecule has 0 fully saturated rings. The fourth-order valence-corrected chi connectivity index (χ4v) is 4.56. The molecule has 3 N–H and O–H groups in total. The summed E-state index contributed by atoms with van der Waals surface area (Å²) in [7, 11) is 0. The molecule has 0 unspecified atom stereocenters. The molecule has 0 amide bonds. The normalized spacial score (nSPS) is 14.9. The zero-order valence-corrected chi connectivity index (χ0v) is 19.4. The van der Waals surface area contributed by atoms with Crippen molar-refractivity contribution in [3.63, 3.8) is 0 Å². The molecule has 0 bridgehead atoms. The molecule has 1 aliphatic rings. The Morgan fingerprint density at radius 1 is 1.46 bits per heavy atom. The minimum absolute atomic E-state index is 0.410. The van der Waals surface area contributed by atoms with Crippen molar-refractivity contribution in [2.24, 2.45) is 5.92 Å². The van der Waals surface area contributed by atoms with Crippen molar-refractivity contribution in [2.75, 3.05) is 18.8 Å². The minimum Gasteiger partial charge on any atom is -0.382 e. The lowest BCUT2D eigenvalue weighted by atomic mass is 10.2. The molecule has 28 heavy (non-hydrogen) atoms. The van der Waals surface area contributed by atoms with Crippen molar-refractivity contribution in [1.29, 1.82) is 0 Å². The number of nitrogens with one attached hydrogen (secondary N) is 1. The first-order valence-electron chi connectivity index (χ1n) is 9.56. The van der Waals surface area contributed by atoms with Crippen LogP contribution >= 0.6 is 34.4 Å². The summed E-state index contributed by atoms with van der Waals surface area (Å²) in [5.74, 6) is 1.02. The van der Waals surface area contributed by atoms with E-state index < -0.39 is 0 Å². The Labute approximate surface area is 184 Å². The van der Waals surface area contributed by atoms with Crippen LogP contribution in [0.15, 0.2) is 44.3 Å². The molecule has 8 heteroatoms. The Balaban J connectivity index is 1.81. The van der Waals surface area contributed by atoms with E-state index in [0.29, 0.717) is 17.3 Å². The lowest BCUT2D eigenvalue weighted by Crippen LogP contribution is -2.24. The van der Waals surface area contributed by atoms with E-state index in [4.69, 9.17) is 10.7 Å². The number of imidazole rings is 1. The van der Waals surface area contributed by atoms with E-state index >= 15 is 0 Å². The average molecular weight is 510 g/mol. The van der Waals surface area contributed by atoms with Crippen LogP contribution in [-0.2, 0) is 6.54 Å². The van der Waals surface area contributed by atoms with Gasteiger partial charge in [-0.15, -0.1) is 0 Å². The van der Waals surface area contributed by atoms with E-state index in [0.717, 1.165) is 45.3 Å². The van der Waals surface area contributed by atoms with Gasteiger partial charge in [0.1, 0.15) is 6.33 Å². The highest BCUT2D eigenvalue weighted by Crippen LogP contribution is 2.36. The number of nitrogens with two attached hydrogens (primary N) is 1. The van der Waals surface area contributed by atoms with E-state index in [2.05, 4.69) is 75.0 Å².